The maximum Gasteiger partial charge on any atom is 0.416 e. The summed E-state index contributed by atoms with van der Waals surface area (Å²) in [6.45, 7) is -0.105. The van der Waals surface area contributed by atoms with Gasteiger partial charge in [-0.1, -0.05) is 23.7 Å². The Hall–Kier alpha value is -2.78. The van der Waals surface area contributed by atoms with Crippen molar-refractivity contribution in [2.75, 3.05) is 5.32 Å². The van der Waals surface area contributed by atoms with Crippen molar-refractivity contribution in [2.24, 2.45) is 10.7 Å². The lowest BCUT2D eigenvalue weighted by Gasteiger charge is -2.15. The number of amides is 1. The summed E-state index contributed by atoms with van der Waals surface area (Å²) in [5.41, 5.74) is 6.29. The lowest BCUT2D eigenvalue weighted by Crippen LogP contribution is -2.12. The predicted octanol–water partition coefficient (Wildman–Crippen LogP) is 4.90. The minimum absolute atomic E-state index is 0.00240. The van der Waals surface area contributed by atoms with E-state index in [1.54, 1.807) is 24.3 Å². The molecule has 0 atom stereocenters. The summed E-state index contributed by atoms with van der Waals surface area (Å²) in [5, 5.41) is 10.7. The van der Waals surface area contributed by atoms with Gasteiger partial charge in [0.05, 0.1) is 10.5 Å². The van der Waals surface area contributed by atoms with E-state index in [4.69, 9.17) is 22.7 Å². The first-order chi connectivity index (χ1) is 13.7. The van der Waals surface area contributed by atoms with Crippen LogP contribution < -0.4 is 11.1 Å². The van der Waals surface area contributed by atoms with Crippen molar-refractivity contribution in [2.45, 2.75) is 12.7 Å². The van der Waals surface area contributed by atoms with Gasteiger partial charge in [0.15, 0.2) is 5.17 Å². The molecule has 0 spiro atoms. The third-order valence-corrected chi connectivity index (χ3v) is 5.06. The molecule has 10 heteroatoms. The minimum Gasteiger partial charge on any atom is -0.380 e. The van der Waals surface area contributed by atoms with E-state index in [0.717, 1.165) is 24.0 Å². The van der Waals surface area contributed by atoms with E-state index in [9.17, 15) is 18.0 Å². The van der Waals surface area contributed by atoms with Crippen LogP contribution in [0.1, 0.15) is 22.3 Å². The number of carbonyl (C=O) groups is 1. The van der Waals surface area contributed by atoms with E-state index in [-0.39, 0.29) is 22.3 Å². The van der Waals surface area contributed by atoms with Crippen molar-refractivity contribution in [3.05, 3.63) is 68.6 Å². The number of hydrogen-bond acceptors (Lipinski definition) is 5. The zero-order valence-electron chi connectivity index (χ0n) is 14.7. The van der Waals surface area contributed by atoms with Gasteiger partial charge in [-0.25, -0.2) is 0 Å². The number of nitrogens with zero attached hydrogens (tertiary/aromatic N) is 1. The highest BCUT2D eigenvalue weighted by Crippen LogP contribution is 2.34. The SMILES string of the molecule is N=Cc1cc(/C=C2\SC(N)=NC2=O)ccc1NCc1ccc(Cl)cc1C(F)(F)F. The quantitative estimate of drug-likeness (QED) is 0.457. The van der Waals surface area contributed by atoms with Crippen LogP contribution in [0.5, 0.6) is 0 Å². The fourth-order valence-electron chi connectivity index (χ4n) is 2.69. The van der Waals surface area contributed by atoms with Crippen molar-refractivity contribution < 1.29 is 18.0 Å². The van der Waals surface area contributed by atoms with E-state index in [0.29, 0.717) is 21.7 Å². The number of alkyl halides is 3. The molecule has 29 heavy (non-hydrogen) atoms. The monoisotopic (exact) mass is 438 g/mol. The van der Waals surface area contributed by atoms with Crippen LogP contribution in [0.15, 0.2) is 46.3 Å². The van der Waals surface area contributed by atoms with Crippen molar-refractivity contribution in [1.82, 2.24) is 0 Å². The topological polar surface area (TPSA) is 91.3 Å². The molecule has 0 saturated carbocycles. The molecule has 1 heterocycles. The highest BCUT2D eigenvalue weighted by atomic mass is 35.5. The zero-order valence-corrected chi connectivity index (χ0v) is 16.3. The fourth-order valence-corrected chi connectivity index (χ4v) is 3.54. The van der Waals surface area contributed by atoms with Gasteiger partial charge < -0.3 is 16.5 Å². The molecule has 0 aromatic heterocycles. The molecule has 2 aromatic rings. The molecule has 4 N–H and O–H groups in total. The maximum atomic E-state index is 13.2. The Balaban J connectivity index is 1.82. The fraction of sp³-hybridized carbons (Fsp3) is 0.105. The van der Waals surface area contributed by atoms with Gasteiger partial charge in [-0.3, -0.25) is 4.79 Å². The van der Waals surface area contributed by atoms with Gasteiger partial charge in [0, 0.05) is 29.0 Å². The second-order valence-corrected chi connectivity index (χ2v) is 7.51. The first-order valence-corrected chi connectivity index (χ1v) is 9.39. The van der Waals surface area contributed by atoms with Crippen LogP contribution in [0, 0.1) is 5.41 Å². The average Bonchev–Trinajstić information content (AvgIpc) is 2.97. The predicted molar refractivity (Wildman–Crippen MR) is 110 cm³/mol. The Bertz CT molecular complexity index is 1050. The number of thioether (sulfide) groups is 1. The Morgan fingerprint density at radius 2 is 2.00 bits per heavy atom. The summed E-state index contributed by atoms with van der Waals surface area (Å²) < 4.78 is 39.7. The Morgan fingerprint density at radius 1 is 1.24 bits per heavy atom. The lowest BCUT2D eigenvalue weighted by atomic mass is 10.1. The van der Waals surface area contributed by atoms with E-state index in [1.165, 1.54) is 12.1 Å². The zero-order chi connectivity index (χ0) is 21.2. The molecule has 0 bridgehead atoms. The normalized spacial score (nSPS) is 15.5. The molecule has 3 rings (SSSR count). The molecule has 0 radical (unpaired) electrons. The second-order valence-electron chi connectivity index (χ2n) is 6.01. The molecule has 1 aliphatic heterocycles. The van der Waals surface area contributed by atoms with Gasteiger partial charge in [0.25, 0.3) is 5.91 Å². The Labute approximate surface area is 173 Å². The van der Waals surface area contributed by atoms with Gasteiger partial charge >= 0.3 is 6.18 Å². The molecule has 2 aromatic carbocycles. The molecule has 0 fully saturated rings. The van der Waals surface area contributed by atoms with Crippen LogP contribution in [0.25, 0.3) is 6.08 Å². The van der Waals surface area contributed by atoms with Crippen LogP contribution in [-0.4, -0.2) is 17.3 Å². The average molecular weight is 439 g/mol. The van der Waals surface area contributed by atoms with Crippen LogP contribution in [0.3, 0.4) is 0 Å². The van der Waals surface area contributed by atoms with E-state index in [2.05, 4.69) is 10.3 Å². The summed E-state index contributed by atoms with van der Waals surface area (Å²) >= 11 is 6.74. The number of nitrogens with one attached hydrogen (secondary N) is 2. The summed E-state index contributed by atoms with van der Waals surface area (Å²) in [7, 11) is 0. The maximum absolute atomic E-state index is 13.2. The Morgan fingerprint density at radius 3 is 2.62 bits per heavy atom. The number of benzene rings is 2. The van der Waals surface area contributed by atoms with Crippen molar-refractivity contribution >= 4 is 52.4 Å². The van der Waals surface area contributed by atoms with Gasteiger partial charge in [-0.2, -0.15) is 18.2 Å². The highest BCUT2D eigenvalue weighted by molar-refractivity contribution is 8.18. The number of halogens is 4. The van der Waals surface area contributed by atoms with Gasteiger partial charge in [-0.15, -0.1) is 0 Å². The number of aliphatic imine (C=N–C) groups is 1. The molecule has 1 aliphatic rings. The number of hydrogen-bond donors (Lipinski definition) is 3. The number of carbonyl (C=O) groups excluding carboxylic acids is 1. The van der Waals surface area contributed by atoms with Crippen LogP contribution >= 0.6 is 23.4 Å². The van der Waals surface area contributed by atoms with E-state index >= 15 is 0 Å². The van der Waals surface area contributed by atoms with Gasteiger partial charge in [0.1, 0.15) is 0 Å². The summed E-state index contributed by atoms with van der Waals surface area (Å²) in [6, 6.07) is 8.53. The molecule has 0 aliphatic carbocycles. The van der Waals surface area contributed by atoms with Crippen LogP contribution in [-0.2, 0) is 17.5 Å². The molecule has 0 saturated heterocycles. The summed E-state index contributed by atoms with van der Waals surface area (Å²) in [5.74, 6) is -0.437. The van der Waals surface area contributed by atoms with E-state index < -0.39 is 17.6 Å². The third-order valence-electron chi connectivity index (χ3n) is 4.01. The second kappa shape index (κ2) is 8.30. The number of nitrogens with two attached hydrogens (primary N) is 1. The molecule has 150 valence electrons. The van der Waals surface area contributed by atoms with Crippen molar-refractivity contribution in [3.63, 3.8) is 0 Å². The first-order valence-electron chi connectivity index (χ1n) is 8.19. The van der Waals surface area contributed by atoms with Crippen molar-refractivity contribution in [3.8, 4) is 0 Å². The number of amidine groups is 1. The Kier molecular flexibility index (Phi) is 5.99. The lowest BCUT2D eigenvalue weighted by molar-refractivity contribution is -0.138. The molecule has 0 unspecified atom stereocenters. The van der Waals surface area contributed by atoms with E-state index in [1.807, 2.05) is 0 Å². The minimum atomic E-state index is -4.53. The molecule has 1 amide bonds. The van der Waals surface area contributed by atoms with Crippen LogP contribution in [0.4, 0.5) is 18.9 Å². The van der Waals surface area contributed by atoms with Crippen molar-refractivity contribution in [1.29, 1.82) is 5.41 Å². The smallest absolute Gasteiger partial charge is 0.380 e. The number of anilines is 1. The summed E-state index contributed by atoms with van der Waals surface area (Å²) in [4.78, 5) is 15.7. The van der Waals surface area contributed by atoms with Gasteiger partial charge in [0.2, 0.25) is 0 Å². The summed E-state index contributed by atoms with van der Waals surface area (Å²) in [6.07, 6.45) is -1.86. The largest absolute Gasteiger partial charge is 0.416 e. The third kappa shape index (κ3) is 4.99. The molecular formula is C19H14ClF3N4OS. The molecule has 5 nitrogen and oxygen atoms in total. The highest BCUT2D eigenvalue weighted by Gasteiger charge is 2.33. The van der Waals surface area contributed by atoms with Crippen LogP contribution in [0.2, 0.25) is 5.02 Å². The standard InChI is InChI=1S/C19H14ClF3N4OS/c20-13-3-2-11(14(7-13)19(21,22)23)9-26-15-4-1-10(5-12(15)8-24)6-16-17(28)27-18(25)29-16/h1-8,24,26H,9H2,(H2,25,27,28)/b16-6-,24-8?. The number of rotatable bonds is 5. The first kappa shape index (κ1) is 20.9. The molecular weight excluding hydrogens is 425 g/mol. The van der Waals surface area contributed by atoms with Gasteiger partial charge in [-0.05, 0) is 53.2 Å².